The van der Waals surface area contributed by atoms with Crippen LogP contribution in [0.15, 0.2) is 16.6 Å². The molecular formula is C11H12BrCl2FO3S. The van der Waals surface area contributed by atoms with Crippen molar-refractivity contribution in [1.82, 2.24) is 0 Å². The second-order valence-corrected chi connectivity index (χ2v) is 8.01. The number of halogens is 4. The Morgan fingerprint density at radius 1 is 1.26 bits per heavy atom. The fraction of sp³-hybridized carbons (Fsp3) is 0.455. The Labute approximate surface area is 129 Å². The fourth-order valence-electron chi connectivity index (χ4n) is 1.35. The molecule has 0 aliphatic carbocycles. The maximum Gasteiger partial charge on any atom is 0.232 e. The normalized spacial score (nSPS) is 11.6. The van der Waals surface area contributed by atoms with E-state index < -0.39 is 14.9 Å². The lowest BCUT2D eigenvalue weighted by atomic mass is 10.2. The van der Waals surface area contributed by atoms with Gasteiger partial charge in [-0.2, -0.15) is 0 Å². The Morgan fingerprint density at radius 2 is 1.95 bits per heavy atom. The Bertz CT molecular complexity index is 537. The van der Waals surface area contributed by atoms with Crippen LogP contribution in [-0.2, 0) is 9.05 Å². The van der Waals surface area contributed by atoms with Gasteiger partial charge < -0.3 is 4.74 Å². The molecular weight excluding hydrogens is 382 g/mol. The van der Waals surface area contributed by atoms with E-state index in [-0.39, 0.29) is 10.8 Å². The van der Waals surface area contributed by atoms with Gasteiger partial charge in [0.05, 0.1) is 21.9 Å². The third kappa shape index (κ3) is 6.79. The molecule has 19 heavy (non-hydrogen) atoms. The third-order valence-electron chi connectivity index (χ3n) is 2.26. The molecule has 108 valence electrons. The van der Waals surface area contributed by atoms with E-state index in [2.05, 4.69) is 15.9 Å². The van der Waals surface area contributed by atoms with Gasteiger partial charge >= 0.3 is 0 Å². The molecule has 0 saturated heterocycles. The number of ether oxygens (including phenoxy) is 1. The summed E-state index contributed by atoms with van der Waals surface area (Å²) in [4.78, 5) is 0. The molecule has 0 spiro atoms. The van der Waals surface area contributed by atoms with Crippen molar-refractivity contribution in [1.29, 1.82) is 0 Å². The van der Waals surface area contributed by atoms with Gasteiger partial charge in [-0.25, -0.2) is 12.8 Å². The zero-order chi connectivity index (χ0) is 14.5. The first-order chi connectivity index (χ1) is 8.79. The van der Waals surface area contributed by atoms with Crippen LogP contribution in [-0.4, -0.2) is 20.8 Å². The molecule has 0 atom stereocenters. The maximum atomic E-state index is 13.2. The highest BCUT2D eigenvalue weighted by Gasteiger charge is 2.08. The van der Waals surface area contributed by atoms with E-state index in [1.165, 1.54) is 12.1 Å². The van der Waals surface area contributed by atoms with E-state index in [1.54, 1.807) is 0 Å². The summed E-state index contributed by atoms with van der Waals surface area (Å²) in [6.07, 6.45) is 1.80. The number of hydrogen-bond donors (Lipinski definition) is 0. The van der Waals surface area contributed by atoms with E-state index in [0.717, 1.165) is 0 Å². The molecule has 0 aliphatic rings. The van der Waals surface area contributed by atoms with E-state index >= 15 is 0 Å². The summed E-state index contributed by atoms with van der Waals surface area (Å²) in [6.45, 7) is 0.363. The lowest BCUT2D eigenvalue weighted by Crippen LogP contribution is -2.01. The van der Waals surface area contributed by atoms with Gasteiger partial charge in [-0.05, 0) is 41.3 Å². The first kappa shape index (κ1) is 17.0. The molecule has 0 heterocycles. The van der Waals surface area contributed by atoms with Crippen LogP contribution < -0.4 is 4.74 Å². The molecule has 0 radical (unpaired) electrons. The van der Waals surface area contributed by atoms with Crippen molar-refractivity contribution in [3.05, 3.63) is 27.4 Å². The Morgan fingerprint density at radius 3 is 2.58 bits per heavy atom. The highest BCUT2D eigenvalue weighted by Crippen LogP contribution is 2.30. The summed E-state index contributed by atoms with van der Waals surface area (Å²) < 4.78 is 40.5. The Balaban J connectivity index is 2.32. The van der Waals surface area contributed by atoms with Crippen LogP contribution in [0.4, 0.5) is 4.39 Å². The SMILES string of the molecule is O=S(=O)(Cl)CCCCCOc1cc(F)c(Cl)cc1Br. The monoisotopic (exact) mass is 392 g/mol. The zero-order valence-electron chi connectivity index (χ0n) is 9.84. The molecule has 0 aromatic heterocycles. The van der Waals surface area contributed by atoms with Gasteiger partial charge in [-0.3, -0.25) is 0 Å². The molecule has 0 fully saturated rings. The van der Waals surface area contributed by atoms with Crippen molar-refractivity contribution in [3.8, 4) is 5.75 Å². The van der Waals surface area contributed by atoms with Crippen LogP contribution in [0.2, 0.25) is 5.02 Å². The lowest BCUT2D eigenvalue weighted by Gasteiger charge is -2.08. The second-order valence-electron chi connectivity index (χ2n) is 3.85. The van der Waals surface area contributed by atoms with Crippen molar-refractivity contribution in [2.75, 3.05) is 12.4 Å². The number of unbranched alkanes of at least 4 members (excludes halogenated alkanes) is 2. The van der Waals surface area contributed by atoms with Crippen LogP contribution in [0.3, 0.4) is 0 Å². The summed E-state index contributed by atoms with van der Waals surface area (Å²) in [6, 6.07) is 2.63. The topological polar surface area (TPSA) is 43.4 Å². The highest BCUT2D eigenvalue weighted by atomic mass is 79.9. The van der Waals surface area contributed by atoms with Gasteiger partial charge in [0.2, 0.25) is 9.05 Å². The summed E-state index contributed by atoms with van der Waals surface area (Å²) in [7, 11) is 1.65. The number of hydrogen-bond acceptors (Lipinski definition) is 3. The molecule has 3 nitrogen and oxygen atoms in total. The summed E-state index contributed by atoms with van der Waals surface area (Å²) in [5.41, 5.74) is 0. The average molecular weight is 394 g/mol. The van der Waals surface area contributed by atoms with E-state index in [0.29, 0.717) is 36.1 Å². The molecule has 1 aromatic carbocycles. The minimum atomic E-state index is -3.42. The van der Waals surface area contributed by atoms with Crippen LogP contribution in [0, 0.1) is 5.82 Å². The molecule has 0 amide bonds. The fourth-order valence-corrected chi connectivity index (χ4v) is 2.98. The summed E-state index contributed by atoms with van der Waals surface area (Å²) >= 11 is 8.82. The standard InChI is InChI=1S/C11H12BrCl2FO3S/c12-8-6-9(13)10(15)7-11(8)18-4-2-1-3-5-19(14,16)17/h6-7H,1-5H2. The highest BCUT2D eigenvalue weighted by molar-refractivity contribution is 9.10. The van der Waals surface area contributed by atoms with Crippen molar-refractivity contribution < 1.29 is 17.5 Å². The van der Waals surface area contributed by atoms with Crippen LogP contribution in [0.1, 0.15) is 19.3 Å². The number of benzene rings is 1. The predicted molar refractivity (Wildman–Crippen MR) is 78.1 cm³/mol. The Hall–Kier alpha value is -0.0400. The third-order valence-corrected chi connectivity index (χ3v) is 4.41. The molecule has 8 heteroatoms. The average Bonchev–Trinajstić information content (AvgIpc) is 2.28. The Kier molecular flexibility index (Phi) is 6.86. The van der Waals surface area contributed by atoms with Crippen molar-refractivity contribution in [3.63, 3.8) is 0 Å². The maximum absolute atomic E-state index is 13.2. The van der Waals surface area contributed by atoms with Crippen molar-refractivity contribution in [2.24, 2.45) is 0 Å². The minimum absolute atomic E-state index is 0.0199. The van der Waals surface area contributed by atoms with Gasteiger partial charge in [0, 0.05) is 16.7 Å². The predicted octanol–water partition coefficient (Wildman–Crippen LogP) is 4.36. The molecule has 1 aromatic rings. The van der Waals surface area contributed by atoms with E-state index in [9.17, 15) is 12.8 Å². The molecule has 1 rings (SSSR count). The lowest BCUT2D eigenvalue weighted by molar-refractivity contribution is 0.303. The second kappa shape index (κ2) is 7.67. The van der Waals surface area contributed by atoms with Gasteiger partial charge in [-0.1, -0.05) is 11.6 Å². The summed E-state index contributed by atoms with van der Waals surface area (Å²) in [5, 5.41) is 0.0199. The molecule has 0 N–H and O–H groups in total. The van der Waals surface area contributed by atoms with E-state index in [4.69, 9.17) is 27.0 Å². The van der Waals surface area contributed by atoms with Crippen LogP contribution in [0.25, 0.3) is 0 Å². The molecule has 0 aliphatic heterocycles. The number of rotatable bonds is 7. The van der Waals surface area contributed by atoms with E-state index in [1.807, 2.05) is 0 Å². The van der Waals surface area contributed by atoms with Crippen LogP contribution >= 0.6 is 38.2 Å². The summed E-state index contributed by atoms with van der Waals surface area (Å²) in [5.74, 6) is -0.228. The molecule has 0 saturated carbocycles. The van der Waals surface area contributed by atoms with Crippen molar-refractivity contribution in [2.45, 2.75) is 19.3 Å². The first-order valence-corrected chi connectivity index (χ1v) is 9.14. The zero-order valence-corrected chi connectivity index (χ0v) is 13.7. The van der Waals surface area contributed by atoms with Crippen molar-refractivity contribution >= 4 is 47.3 Å². The van der Waals surface area contributed by atoms with Gasteiger partial charge in [0.25, 0.3) is 0 Å². The molecule has 0 bridgehead atoms. The first-order valence-electron chi connectivity index (χ1n) is 5.49. The molecule has 0 unspecified atom stereocenters. The van der Waals surface area contributed by atoms with Crippen LogP contribution in [0.5, 0.6) is 5.75 Å². The van der Waals surface area contributed by atoms with Gasteiger partial charge in [-0.15, -0.1) is 0 Å². The van der Waals surface area contributed by atoms with Gasteiger partial charge in [0.15, 0.2) is 0 Å². The smallest absolute Gasteiger partial charge is 0.232 e. The largest absolute Gasteiger partial charge is 0.492 e. The quantitative estimate of drug-likeness (QED) is 0.392. The minimum Gasteiger partial charge on any atom is -0.492 e. The van der Waals surface area contributed by atoms with Gasteiger partial charge in [0.1, 0.15) is 11.6 Å².